The van der Waals surface area contributed by atoms with Crippen LogP contribution in [0.5, 0.6) is 17.2 Å². The van der Waals surface area contributed by atoms with E-state index in [1.807, 2.05) is 0 Å². The molecule has 0 aromatic heterocycles. The van der Waals surface area contributed by atoms with Crippen LogP contribution in [0.3, 0.4) is 0 Å². The smallest absolute Gasteiger partial charge is 0.234 e. The summed E-state index contributed by atoms with van der Waals surface area (Å²) in [5.41, 5.74) is -3.28. The first kappa shape index (κ1) is 34.3. The van der Waals surface area contributed by atoms with Crippen molar-refractivity contribution < 1.29 is 53.8 Å². The van der Waals surface area contributed by atoms with E-state index in [2.05, 4.69) is 5.32 Å². The highest BCUT2D eigenvalue weighted by Crippen LogP contribution is 2.52. The molecule has 6 atom stereocenters. The Bertz CT molecular complexity index is 1560. The van der Waals surface area contributed by atoms with E-state index >= 15 is 0 Å². The molecule has 3 aliphatic rings. The third-order valence-corrected chi connectivity index (χ3v) is 8.56. The summed E-state index contributed by atoms with van der Waals surface area (Å²) in [7, 11) is 4.77. The standard InChI is InChI=1S/C31H36N2O11.ClH/c1-13-26(36)17(32-20(35)12-33(3)4)9-21(43-13)44-19-11-31(41,14(2)34)10-16-23(19)30(40)25-24(28(16)38)27(37)15-7-6-8-18(42-5)22(15)29(25)39;/h6-8,13,17,19,21,26,36,38,40-41H,9-12H2,1-5H3,(H,32,35);1H. The Morgan fingerprint density at radius 1 is 1.11 bits per heavy atom. The second-order valence-electron chi connectivity index (χ2n) is 11.9. The molecule has 1 heterocycles. The Morgan fingerprint density at radius 2 is 1.78 bits per heavy atom. The van der Waals surface area contributed by atoms with E-state index in [0.717, 1.165) is 0 Å². The summed E-state index contributed by atoms with van der Waals surface area (Å²) >= 11 is 0. The molecule has 0 spiro atoms. The minimum absolute atomic E-state index is 0. The number of aliphatic hydroxyl groups is 2. The van der Waals surface area contributed by atoms with Gasteiger partial charge in [-0.25, -0.2) is 0 Å². The number of amides is 1. The zero-order valence-electron chi connectivity index (χ0n) is 25.4. The molecule has 0 saturated carbocycles. The molecule has 0 radical (unpaired) electrons. The van der Waals surface area contributed by atoms with Gasteiger partial charge in [0.15, 0.2) is 17.9 Å². The molecule has 5 N–H and O–H groups in total. The van der Waals surface area contributed by atoms with Crippen molar-refractivity contribution in [3.8, 4) is 17.2 Å². The number of phenols is 2. The first-order valence-electron chi connectivity index (χ1n) is 14.2. The molecule has 244 valence electrons. The number of fused-ring (bicyclic) bond motifs is 3. The molecule has 5 rings (SSSR count). The number of carbonyl (C=O) groups excluding carboxylic acids is 4. The average Bonchev–Trinajstić information content (AvgIpc) is 2.95. The molecular weight excluding hydrogens is 612 g/mol. The molecule has 1 saturated heterocycles. The predicted molar refractivity (Wildman–Crippen MR) is 160 cm³/mol. The van der Waals surface area contributed by atoms with Crippen LogP contribution in [-0.4, -0.2) is 106 Å². The van der Waals surface area contributed by atoms with E-state index in [9.17, 15) is 39.6 Å². The number of hydrogen-bond acceptors (Lipinski definition) is 12. The number of ether oxygens (including phenoxy) is 3. The number of ketones is 3. The Morgan fingerprint density at radius 3 is 2.40 bits per heavy atom. The van der Waals surface area contributed by atoms with Crippen LogP contribution in [0.2, 0.25) is 0 Å². The van der Waals surface area contributed by atoms with Crippen LogP contribution in [0.15, 0.2) is 18.2 Å². The number of likely N-dealkylation sites (N-methyl/N-ethyl adjacent to an activating group) is 1. The van der Waals surface area contributed by atoms with Crippen molar-refractivity contribution in [3.05, 3.63) is 51.6 Å². The predicted octanol–water partition coefficient (Wildman–Crippen LogP) is 1.17. The van der Waals surface area contributed by atoms with Gasteiger partial charge in [0.2, 0.25) is 11.7 Å². The lowest BCUT2D eigenvalue weighted by Crippen LogP contribution is -2.56. The van der Waals surface area contributed by atoms with Crippen molar-refractivity contribution >= 4 is 35.7 Å². The molecule has 0 bridgehead atoms. The van der Waals surface area contributed by atoms with Crippen LogP contribution in [-0.2, 0) is 25.5 Å². The molecule has 2 aromatic carbocycles. The molecule has 2 aromatic rings. The zero-order chi connectivity index (χ0) is 32.2. The molecule has 6 unspecified atom stereocenters. The van der Waals surface area contributed by atoms with Gasteiger partial charge in [0, 0.05) is 36.0 Å². The van der Waals surface area contributed by atoms with Crippen molar-refractivity contribution in [2.24, 2.45) is 0 Å². The number of aliphatic hydroxyl groups excluding tert-OH is 1. The number of rotatable bonds is 7. The molecule has 13 nitrogen and oxygen atoms in total. The summed E-state index contributed by atoms with van der Waals surface area (Å²) in [5, 5.41) is 47.9. The number of halogens is 1. The van der Waals surface area contributed by atoms with Crippen molar-refractivity contribution in [1.29, 1.82) is 0 Å². The van der Waals surface area contributed by atoms with Gasteiger partial charge in [-0.15, -0.1) is 12.4 Å². The van der Waals surface area contributed by atoms with Gasteiger partial charge in [-0.05, 0) is 34.0 Å². The lowest BCUT2D eigenvalue weighted by molar-refractivity contribution is -0.249. The topological polar surface area (TPSA) is 192 Å². The number of carbonyl (C=O) groups is 4. The molecule has 1 amide bonds. The Kier molecular flexibility index (Phi) is 9.65. The fourth-order valence-corrected chi connectivity index (χ4v) is 6.31. The molecule has 14 heteroatoms. The van der Waals surface area contributed by atoms with Crippen LogP contribution in [0.25, 0.3) is 0 Å². The maximum Gasteiger partial charge on any atom is 0.234 e. The van der Waals surface area contributed by atoms with E-state index in [1.54, 1.807) is 25.9 Å². The van der Waals surface area contributed by atoms with Crippen LogP contribution in [0.4, 0.5) is 0 Å². The monoisotopic (exact) mass is 648 g/mol. The Balaban J connectivity index is 0.00000461. The largest absolute Gasteiger partial charge is 0.507 e. The van der Waals surface area contributed by atoms with Crippen molar-refractivity contribution in [2.75, 3.05) is 27.7 Å². The summed E-state index contributed by atoms with van der Waals surface area (Å²) in [6, 6.07) is 3.63. The molecule has 1 fully saturated rings. The van der Waals surface area contributed by atoms with E-state index in [-0.39, 0.29) is 65.7 Å². The quantitative estimate of drug-likeness (QED) is 0.230. The average molecular weight is 649 g/mol. The van der Waals surface area contributed by atoms with Crippen molar-refractivity contribution in [3.63, 3.8) is 0 Å². The number of nitrogens with zero attached hydrogens (tertiary/aromatic N) is 1. The summed E-state index contributed by atoms with van der Waals surface area (Å²) in [4.78, 5) is 54.2. The first-order chi connectivity index (χ1) is 20.7. The van der Waals surface area contributed by atoms with E-state index < -0.39 is 82.6 Å². The second kappa shape index (κ2) is 12.7. The highest BCUT2D eigenvalue weighted by Gasteiger charge is 2.49. The van der Waals surface area contributed by atoms with Gasteiger partial charge < -0.3 is 44.9 Å². The number of nitrogens with one attached hydrogen (secondary N) is 1. The number of benzene rings is 2. The van der Waals surface area contributed by atoms with Gasteiger partial charge in [0.25, 0.3) is 0 Å². The van der Waals surface area contributed by atoms with Gasteiger partial charge in [0.05, 0.1) is 48.6 Å². The maximum atomic E-state index is 13.8. The molecule has 1 aliphatic heterocycles. The fraction of sp³-hybridized carbons (Fsp3) is 0.484. The van der Waals surface area contributed by atoms with E-state index in [0.29, 0.717) is 0 Å². The minimum Gasteiger partial charge on any atom is -0.507 e. The van der Waals surface area contributed by atoms with Gasteiger partial charge in [-0.1, -0.05) is 12.1 Å². The van der Waals surface area contributed by atoms with E-state index in [1.165, 1.54) is 32.2 Å². The number of Topliss-reactive ketones (excluding diaryl/α,β-unsaturated/α-hetero) is 1. The second-order valence-corrected chi connectivity index (χ2v) is 11.9. The number of aromatic hydroxyl groups is 2. The molecular formula is C31H37ClN2O11. The number of hydrogen-bond donors (Lipinski definition) is 5. The SMILES string of the molecule is COc1cccc2c1C(=O)c1c(O)c3c(c(O)c1C2=O)CC(O)(C(C)=O)CC3OC1CC(NC(=O)CN(C)C)C(O)C(C)O1.Cl. The lowest BCUT2D eigenvalue weighted by Gasteiger charge is -2.42. The van der Waals surface area contributed by atoms with Crippen LogP contribution < -0.4 is 10.1 Å². The molecule has 45 heavy (non-hydrogen) atoms. The summed E-state index contributed by atoms with van der Waals surface area (Å²) in [6.07, 6.45) is -5.16. The Hall–Kier alpha value is -3.59. The lowest BCUT2D eigenvalue weighted by atomic mass is 9.72. The number of methoxy groups -OCH3 is 1. The van der Waals surface area contributed by atoms with Crippen molar-refractivity contribution in [1.82, 2.24) is 10.2 Å². The minimum atomic E-state index is -2.06. The summed E-state index contributed by atoms with van der Waals surface area (Å²) in [5.74, 6) is -3.68. The fourth-order valence-electron chi connectivity index (χ4n) is 6.31. The normalized spacial score (nSPS) is 27.2. The first-order valence-corrected chi connectivity index (χ1v) is 14.2. The highest BCUT2D eigenvalue weighted by molar-refractivity contribution is 6.31. The third kappa shape index (κ3) is 5.91. The van der Waals surface area contributed by atoms with Gasteiger partial charge in [-0.2, -0.15) is 0 Å². The van der Waals surface area contributed by atoms with Crippen LogP contribution >= 0.6 is 12.4 Å². The highest BCUT2D eigenvalue weighted by atomic mass is 35.5. The van der Waals surface area contributed by atoms with Gasteiger partial charge >= 0.3 is 0 Å². The maximum absolute atomic E-state index is 13.8. The number of phenolic OH excluding ortho intramolecular Hbond substituents is 2. The van der Waals surface area contributed by atoms with Crippen LogP contribution in [0.1, 0.15) is 75.8 Å². The summed E-state index contributed by atoms with van der Waals surface area (Å²) < 4.78 is 17.4. The Labute approximate surface area is 265 Å². The van der Waals surface area contributed by atoms with Crippen molar-refractivity contribution in [2.45, 2.75) is 69.4 Å². The van der Waals surface area contributed by atoms with E-state index in [4.69, 9.17) is 14.2 Å². The zero-order valence-corrected chi connectivity index (χ0v) is 26.3. The third-order valence-electron chi connectivity index (χ3n) is 8.56. The van der Waals surface area contributed by atoms with Gasteiger partial charge in [-0.3, -0.25) is 19.2 Å². The van der Waals surface area contributed by atoms with Gasteiger partial charge in [0.1, 0.15) is 29.0 Å². The molecule has 2 aliphatic carbocycles. The van der Waals surface area contributed by atoms with Crippen LogP contribution in [0, 0.1) is 0 Å². The summed E-state index contributed by atoms with van der Waals surface area (Å²) in [6.45, 7) is 2.83.